The number of halogens is 2. The van der Waals surface area contributed by atoms with Crippen LogP contribution >= 0.6 is 0 Å². The standard InChI is InChI=1S/C15H11.2FH.Hf/c1-2-6-12(7-3-1)15-11-10-13-8-4-5-9-14(13)15;;;/h1-10,15H;2*1H;/q-1;;;/p-2. The Morgan fingerprint density at radius 1 is 0.778 bits per heavy atom. The van der Waals surface area contributed by atoms with E-state index in [0.717, 1.165) is 0 Å². The number of fused-ring (bicyclic) bond motifs is 1. The van der Waals surface area contributed by atoms with Gasteiger partial charge in [-0.2, -0.15) is 5.56 Å². The molecule has 0 saturated carbocycles. The van der Waals surface area contributed by atoms with Gasteiger partial charge in [-0.1, -0.05) is 60.0 Å². The van der Waals surface area contributed by atoms with Gasteiger partial charge in [0.2, 0.25) is 0 Å². The van der Waals surface area contributed by atoms with Crippen LogP contribution in [-0.2, 0) is 25.8 Å². The van der Waals surface area contributed by atoms with E-state index >= 15 is 0 Å². The molecule has 0 fully saturated rings. The van der Waals surface area contributed by atoms with E-state index in [4.69, 9.17) is 0 Å². The van der Waals surface area contributed by atoms with Crippen molar-refractivity contribution in [2.45, 2.75) is 5.92 Å². The summed E-state index contributed by atoms with van der Waals surface area (Å²) < 4.78 is 0. The van der Waals surface area contributed by atoms with Gasteiger partial charge in [0.1, 0.15) is 0 Å². The van der Waals surface area contributed by atoms with Crippen LogP contribution in [-0.4, -0.2) is 0 Å². The molecule has 1 aliphatic carbocycles. The van der Waals surface area contributed by atoms with Crippen molar-refractivity contribution in [1.82, 2.24) is 0 Å². The minimum atomic E-state index is 0. The fraction of sp³-hybridized carbons (Fsp3) is 0.0667. The molecule has 0 bridgehead atoms. The SMILES string of the molecule is [C-]1=Cc2ccccc2C1c1ccccc1.[F-].[F-].[Hf]. The molecule has 1 unspecified atom stereocenters. The van der Waals surface area contributed by atoms with E-state index in [-0.39, 0.29) is 35.3 Å². The van der Waals surface area contributed by atoms with E-state index in [2.05, 4.69) is 60.7 Å². The molecule has 92 valence electrons. The summed E-state index contributed by atoms with van der Waals surface area (Å²) in [5, 5.41) is 0. The van der Waals surface area contributed by atoms with Crippen LogP contribution in [0.1, 0.15) is 22.6 Å². The quantitative estimate of drug-likeness (QED) is 0.367. The van der Waals surface area contributed by atoms with Gasteiger partial charge in [0.25, 0.3) is 0 Å². The molecule has 0 saturated heterocycles. The van der Waals surface area contributed by atoms with E-state index in [1.54, 1.807) is 0 Å². The van der Waals surface area contributed by atoms with Crippen molar-refractivity contribution >= 4 is 6.08 Å². The van der Waals surface area contributed by atoms with Crippen LogP contribution in [0.25, 0.3) is 6.08 Å². The van der Waals surface area contributed by atoms with Gasteiger partial charge in [-0.25, -0.2) is 6.08 Å². The van der Waals surface area contributed by atoms with Crippen LogP contribution in [0.5, 0.6) is 0 Å². The van der Waals surface area contributed by atoms with Crippen LogP contribution < -0.4 is 9.41 Å². The first-order valence-electron chi connectivity index (χ1n) is 5.18. The fourth-order valence-corrected chi connectivity index (χ4v) is 2.09. The van der Waals surface area contributed by atoms with Crippen LogP contribution in [0.3, 0.4) is 0 Å². The van der Waals surface area contributed by atoms with Crippen molar-refractivity contribution in [2.24, 2.45) is 0 Å². The van der Waals surface area contributed by atoms with Gasteiger partial charge in [0, 0.05) is 25.8 Å². The van der Waals surface area contributed by atoms with Crippen molar-refractivity contribution < 1.29 is 35.3 Å². The molecule has 0 spiro atoms. The van der Waals surface area contributed by atoms with E-state index in [0.29, 0.717) is 5.92 Å². The minimum absolute atomic E-state index is 0. The third-order valence-electron chi connectivity index (χ3n) is 2.85. The van der Waals surface area contributed by atoms with Gasteiger partial charge in [0.15, 0.2) is 0 Å². The Bertz CT molecular complexity index is 509. The summed E-state index contributed by atoms with van der Waals surface area (Å²) in [7, 11) is 0. The molecule has 0 aromatic heterocycles. The number of benzene rings is 2. The second-order valence-corrected chi connectivity index (χ2v) is 3.78. The maximum atomic E-state index is 3.41. The summed E-state index contributed by atoms with van der Waals surface area (Å²) in [4.78, 5) is 0. The summed E-state index contributed by atoms with van der Waals surface area (Å²) in [5.74, 6) is 0.322. The van der Waals surface area contributed by atoms with Gasteiger partial charge in [0.05, 0.1) is 0 Å². The topological polar surface area (TPSA) is 0 Å². The Kier molecular flexibility index (Phi) is 6.92. The Morgan fingerprint density at radius 2 is 1.39 bits per heavy atom. The second kappa shape index (κ2) is 7.37. The summed E-state index contributed by atoms with van der Waals surface area (Å²) >= 11 is 0. The Balaban J connectivity index is 0.000000963. The van der Waals surface area contributed by atoms with Crippen LogP contribution in [0.2, 0.25) is 0 Å². The molecule has 0 nitrogen and oxygen atoms in total. The van der Waals surface area contributed by atoms with E-state index in [9.17, 15) is 0 Å². The molecule has 1 aliphatic rings. The molecule has 1 atom stereocenters. The van der Waals surface area contributed by atoms with E-state index in [1.807, 2.05) is 6.07 Å². The summed E-state index contributed by atoms with van der Waals surface area (Å²) in [5.41, 5.74) is 3.98. The molecule has 3 rings (SSSR count). The zero-order valence-electron chi connectivity index (χ0n) is 9.61. The van der Waals surface area contributed by atoms with Gasteiger partial charge in [-0.05, 0) is 0 Å². The molecular formula is C15H11F2Hf-3. The number of hydrogen-bond acceptors (Lipinski definition) is 0. The molecule has 3 heteroatoms. The number of rotatable bonds is 1. The largest absolute Gasteiger partial charge is 1.00 e. The van der Waals surface area contributed by atoms with E-state index in [1.165, 1.54) is 16.7 Å². The first kappa shape index (κ1) is 16.9. The third kappa shape index (κ3) is 3.02. The van der Waals surface area contributed by atoms with Crippen LogP contribution in [0.4, 0.5) is 0 Å². The predicted molar refractivity (Wildman–Crippen MR) is 62.4 cm³/mol. The number of allylic oxidation sites excluding steroid dienone is 1. The second-order valence-electron chi connectivity index (χ2n) is 3.78. The summed E-state index contributed by atoms with van der Waals surface area (Å²) in [6.45, 7) is 0. The molecule has 2 aromatic carbocycles. The van der Waals surface area contributed by atoms with Gasteiger partial charge in [-0.3, -0.25) is 6.08 Å². The van der Waals surface area contributed by atoms with Crippen molar-refractivity contribution in [3.05, 3.63) is 77.4 Å². The minimum Gasteiger partial charge on any atom is -1.00 e. The maximum Gasteiger partial charge on any atom is 0 e. The van der Waals surface area contributed by atoms with E-state index < -0.39 is 0 Å². The van der Waals surface area contributed by atoms with Gasteiger partial charge >= 0.3 is 0 Å². The van der Waals surface area contributed by atoms with Gasteiger partial charge < -0.3 is 9.41 Å². The molecule has 0 radical (unpaired) electrons. The Morgan fingerprint density at radius 3 is 2.11 bits per heavy atom. The molecule has 2 aromatic rings. The molecule has 18 heavy (non-hydrogen) atoms. The van der Waals surface area contributed by atoms with Crippen molar-refractivity contribution in [1.29, 1.82) is 0 Å². The molecular weight excluding hydrogens is 397 g/mol. The summed E-state index contributed by atoms with van der Waals surface area (Å²) in [6, 6.07) is 19.0. The van der Waals surface area contributed by atoms with Crippen LogP contribution in [0.15, 0.2) is 54.6 Å². The first-order chi connectivity index (χ1) is 7.45. The molecule has 0 amide bonds. The zero-order chi connectivity index (χ0) is 10.1. The molecule has 0 heterocycles. The average Bonchev–Trinajstić information content (AvgIpc) is 2.74. The fourth-order valence-electron chi connectivity index (χ4n) is 2.09. The first-order valence-corrected chi connectivity index (χ1v) is 5.18. The van der Waals surface area contributed by atoms with Crippen molar-refractivity contribution in [3.8, 4) is 0 Å². The third-order valence-corrected chi connectivity index (χ3v) is 2.85. The zero-order valence-corrected chi connectivity index (χ0v) is 13.2. The normalized spacial score (nSPS) is 14.8. The summed E-state index contributed by atoms with van der Waals surface area (Å²) in [6.07, 6.45) is 5.50. The van der Waals surface area contributed by atoms with Crippen LogP contribution in [0, 0.1) is 6.08 Å². The van der Waals surface area contributed by atoms with Crippen molar-refractivity contribution in [2.75, 3.05) is 0 Å². The molecule has 0 aliphatic heterocycles. The Labute approximate surface area is 124 Å². The van der Waals surface area contributed by atoms with Gasteiger partial charge in [-0.15, -0.1) is 11.6 Å². The van der Waals surface area contributed by atoms with Crippen molar-refractivity contribution in [3.63, 3.8) is 0 Å². The average molecular weight is 408 g/mol. The predicted octanol–water partition coefficient (Wildman–Crippen LogP) is -2.35. The molecule has 0 N–H and O–H groups in total. The smallest absolute Gasteiger partial charge is 0 e. The monoisotopic (exact) mass is 409 g/mol. The Hall–Kier alpha value is -1.09. The maximum absolute atomic E-state index is 3.41. The number of hydrogen-bond donors (Lipinski definition) is 0.